The molecule has 2 aromatic heterocycles. The number of ether oxygens (including phenoxy) is 2. The Morgan fingerprint density at radius 3 is 2.77 bits per heavy atom. The molecule has 0 spiro atoms. The molecule has 4 aromatic rings. The predicted octanol–water partition coefficient (Wildman–Crippen LogP) is 3.95. The van der Waals surface area contributed by atoms with Crippen molar-refractivity contribution in [2.45, 2.75) is 0 Å². The molecule has 150 valence electrons. The molecule has 2 heterocycles. The first-order chi connectivity index (χ1) is 14.8. The third kappa shape index (κ3) is 4.33. The van der Waals surface area contributed by atoms with Gasteiger partial charge >= 0.3 is 0 Å². The summed E-state index contributed by atoms with van der Waals surface area (Å²) in [6.45, 7) is 1.36. The average molecular weight is 400 g/mol. The summed E-state index contributed by atoms with van der Waals surface area (Å²) in [5.74, 6) is 6.52. The molecule has 30 heavy (non-hydrogen) atoms. The Labute approximate surface area is 173 Å². The summed E-state index contributed by atoms with van der Waals surface area (Å²) in [5.41, 5.74) is 1.99. The second-order valence-corrected chi connectivity index (χ2v) is 6.57. The van der Waals surface area contributed by atoms with Crippen molar-refractivity contribution in [1.82, 2.24) is 4.98 Å². The molecule has 0 radical (unpaired) electrons. The van der Waals surface area contributed by atoms with Crippen LogP contribution in [0.2, 0.25) is 0 Å². The van der Waals surface area contributed by atoms with Crippen LogP contribution in [0.3, 0.4) is 0 Å². The molecule has 4 rings (SSSR count). The number of benzene rings is 2. The Bertz CT molecular complexity index is 1320. The van der Waals surface area contributed by atoms with E-state index < -0.39 is 0 Å². The van der Waals surface area contributed by atoms with Gasteiger partial charge in [0.25, 0.3) is 0 Å². The molecule has 6 heteroatoms. The summed E-state index contributed by atoms with van der Waals surface area (Å²) in [7, 11) is 1.63. The summed E-state index contributed by atoms with van der Waals surface area (Å²) in [6, 6.07) is 17.1. The van der Waals surface area contributed by atoms with Gasteiger partial charge in [0, 0.05) is 35.7 Å². The smallest absolute Gasteiger partial charge is 0.155 e. The Hall–Kier alpha value is -3.66. The van der Waals surface area contributed by atoms with E-state index in [9.17, 15) is 5.21 Å². The number of hydrogen-bond donors (Lipinski definition) is 1. The van der Waals surface area contributed by atoms with E-state index in [2.05, 4.69) is 22.0 Å². The van der Waals surface area contributed by atoms with Gasteiger partial charge in [-0.2, -0.15) is 0 Å². The Kier molecular flexibility index (Phi) is 6.04. The van der Waals surface area contributed by atoms with Crippen LogP contribution in [-0.4, -0.2) is 37.1 Å². The predicted molar refractivity (Wildman–Crippen MR) is 114 cm³/mol. The SMILES string of the molecule is COCCOCC#Cc1ccc2c(=NO)cc(-c3cc4ccccc4cn3)oc2c1. The Morgan fingerprint density at radius 1 is 1.07 bits per heavy atom. The van der Waals surface area contributed by atoms with E-state index in [1.807, 2.05) is 48.5 Å². The zero-order chi connectivity index (χ0) is 20.8. The van der Waals surface area contributed by atoms with Gasteiger partial charge in [0.15, 0.2) is 5.76 Å². The molecule has 0 saturated carbocycles. The second kappa shape index (κ2) is 9.23. The normalized spacial score (nSPS) is 11.6. The maximum absolute atomic E-state index is 9.50. The lowest BCUT2D eigenvalue weighted by molar-refractivity contribution is 0.0877. The zero-order valence-electron chi connectivity index (χ0n) is 16.5. The zero-order valence-corrected chi connectivity index (χ0v) is 16.5. The molecule has 0 unspecified atom stereocenters. The van der Waals surface area contributed by atoms with Crippen LogP contribution in [0.1, 0.15) is 5.56 Å². The summed E-state index contributed by atoms with van der Waals surface area (Å²) >= 11 is 0. The van der Waals surface area contributed by atoms with E-state index in [-0.39, 0.29) is 0 Å². The average Bonchev–Trinajstić information content (AvgIpc) is 2.80. The summed E-state index contributed by atoms with van der Waals surface area (Å²) in [5, 5.41) is 16.1. The van der Waals surface area contributed by atoms with Crippen LogP contribution in [0, 0.1) is 11.8 Å². The molecule has 0 amide bonds. The highest BCUT2D eigenvalue weighted by Crippen LogP contribution is 2.24. The topological polar surface area (TPSA) is 77.1 Å². The molecule has 2 aromatic carbocycles. The van der Waals surface area contributed by atoms with Crippen LogP contribution in [0.25, 0.3) is 33.2 Å². The van der Waals surface area contributed by atoms with E-state index in [1.165, 1.54) is 0 Å². The molecule has 6 nitrogen and oxygen atoms in total. The van der Waals surface area contributed by atoms with Crippen molar-refractivity contribution in [3.8, 4) is 23.3 Å². The Balaban J connectivity index is 1.70. The molecule has 0 aliphatic heterocycles. The van der Waals surface area contributed by atoms with Crippen molar-refractivity contribution in [2.24, 2.45) is 5.16 Å². The van der Waals surface area contributed by atoms with Crippen LogP contribution in [-0.2, 0) is 9.47 Å². The fraction of sp³-hybridized carbons (Fsp3) is 0.167. The maximum atomic E-state index is 9.50. The molecule has 0 bridgehead atoms. The van der Waals surface area contributed by atoms with Crippen molar-refractivity contribution in [2.75, 3.05) is 26.9 Å². The van der Waals surface area contributed by atoms with Crippen LogP contribution in [0.4, 0.5) is 0 Å². The molecule has 0 fully saturated rings. The van der Waals surface area contributed by atoms with Gasteiger partial charge in [-0.15, -0.1) is 0 Å². The number of methoxy groups -OCH3 is 1. The molecular weight excluding hydrogens is 380 g/mol. The molecular formula is C24H20N2O4. The fourth-order valence-corrected chi connectivity index (χ4v) is 3.08. The molecule has 0 saturated heterocycles. The maximum Gasteiger partial charge on any atom is 0.155 e. The standard InChI is InChI=1S/C24H20N2O4/c1-28-11-12-29-10-4-5-17-8-9-20-21(26-27)15-24(30-23(20)13-17)22-14-18-6-2-3-7-19(18)16-25-22/h2-3,6-9,13-16,27H,10-12H2,1H3. The monoisotopic (exact) mass is 400 g/mol. The van der Waals surface area contributed by atoms with Crippen molar-refractivity contribution in [3.05, 3.63) is 71.7 Å². The molecule has 0 aliphatic rings. The highest BCUT2D eigenvalue weighted by atomic mass is 16.5. The first kappa shape index (κ1) is 19.6. The number of hydrogen-bond acceptors (Lipinski definition) is 6. The quantitative estimate of drug-likeness (QED) is 0.238. The summed E-state index contributed by atoms with van der Waals surface area (Å²) in [4.78, 5) is 4.50. The number of aromatic nitrogens is 1. The molecule has 0 aliphatic carbocycles. The molecule has 0 atom stereocenters. The fourth-order valence-electron chi connectivity index (χ4n) is 3.08. The highest BCUT2D eigenvalue weighted by Gasteiger charge is 2.09. The first-order valence-corrected chi connectivity index (χ1v) is 9.45. The number of nitrogens with zero attached hydrogens (tertiary/aromatic N) is 2. The van der Waals surface area contributed by atoms with Gasteiger partial charge in [-0.1, -0.05) is 41.3 Å². The largest absolute Gasteiger partial charge is 0.454 e. The van der Waals surface area contributed by atoms with Gasteiger partial charge in [-0.3, -0.25) is 4.98 Å². The van der Waals surface area contributed by atoms with Gasteiger partial charge in [0.1, 0.15) is 23.2 Å². The van der Waals surface area contributed by atoms with Crippen LogP contribution in [0.15, 0.2) is 70.4 Å². The highest BCUT2D eigenvalue weighted by molar-refractivity contribution is 5.85. The third-order valence-corrected chi connectivity index (χ3v) is 4.58. The number of fused-ring (bicyclic) bond motifs is 2. The van der Waals surface area contributed by atoms with Gasteiger partial charge in [-0.05, 0) is 29.7 Å². The minimum atomic E-state index is 0.316. The van der Waals surface area contributed by atoms with Crippen LogP contribution < -0.4 is 5.36 Å². The van der Waals surface area contributed by atoms with E-state index in [0.717, 1.165) is 16.3 Å². The third-order valence-electron chi connectivity index (χ3n) is 4.58. The molecule has 1 N–H and O–H groups in total. The van der Waals surface area contributed by atoms with E-state index in [1.54, 1.807) is 19.4 Å². The first-order valence-electron chi connectivity index (χ1n) is 9.45. The Morgan fingerprint density at radius 2 is 1.93 bits per heavy atom. The van der Waals surface area contributed by atoms with Crippen molar-refractivity contribution in [3.63, 3.8) is 0 Å². The van der Waals surface area contributed by atoms with E-state index >= 15 is 0 Å². The summed E-state index contributed by atoms with van der Waals surface area (Å²) in [6.07, 6.45) is 1.80. The van der Waals surface area contributed by atoms with Crippen LogP contribution >= 0.6 is 0 Å². The van der Waals surface area contributed by atoms with Crippen molar-refractivity contribution < 1.29 is 19.1 Å². The minimum absolute atomic E-state index is 0.316. The van der Waals surface area contributed by atoms with Gasteiger partial charge in [0.05, 0.1) is 13.2 Å². The van der Waals surface area contributed by atoms with E-state index in [4.69, 9.17) is 13.9 Å². The lowest BCUT2D eigenvalue weighted by atomic mass is 10.1. The summed E-state index contributed by atoms with van der Waals surface area (Å²) < 4.78 is 16.4. The number of rotatable bonds is 5. The van der Waals surface area contributed by atoms with Crippen LogP contribution in [0.5, 0.6) is 0 Å². The van der Waals surface area contributed by atoms with Gasteiger partial charge in [0.2, 0.25) is 0 Å². The van der Waals surface area contributed by atoms with E-state index in [0.29, 0.717) is 47.6 Å². The van der Waals surface area contributed by atoms with Crippen molar-refractivity contribution in [1.29, 1.82) is 0 Å². The van der Waals surface area contributed by atoms with Gasteiger partial charge in [-0.25, -0.2) is 0 Å². The van der Waals surface area contributed by atoms with Gasteiger partial charge < -0.3 is 19.1 Å². The minimum Gasteiger partial charge on any atom is -0.454 e. The second-order valence-electron chi connectivity index (χ2n) is 6.57. The lowest BCUT2D eigenvalue weighted by Crippen LogP contribution is -2.04. The lowest BCUT2D eigenvalue weighted by Gasteiger charge is -2.05. The van der Waals surface area contributed by atoms with Crippen molar-refractivity contribution >= 4 is 21.7 Å². The number of pyridine rings is 1.